The van der Waals surface area contributed by atoms with E-state index in [1.165, 1.54) is 7.11 Å². The Hall–Kier alpha value is -2.14. The van der Waals surface area contributed by atoms with Crippen LogP contribution in [0.1, 0.15) is 10.4 Å². The highest BCUT2D eigenvalue weighted by molar-refractivity contribution is 7.71. The Morgan fingerprint density at radius 3 is 2.72 bits per heavy atom. The van der Waals surface area contributed by atoms with Crippen molar-refractivity contribution in [3.8, 4) is 5.75 Å². The average molecular weight is 260 g/mol. The fourth-order valence-electron chi connectivity index (χ4n) is 1.52. The molecule has 0 bridgehead atoms. The lowest BCUT2D eigenvalue weighted by Gasteiger charge is -2.08. The Kier molecular flexibility index (Phi) is 3.74. The smallest absolute Gasteiger partial charge is 0.259 e. The van der Waals surface area contributed by atoms with E-state index in [9.17, 15) is 4.79 Å². The number of amides is 1. The number of pyridine rings is 1. The molecule has 0 saturated carbocycles. The van der Waals surface area contributed by atoms with Gasteiger partial charge in [0, 0.05) is 6.20 Å². The van der Waals surface area contributed by atoms with E-state index in [-0.39, 0.29) is 5.91 Å². The van der Waals surface area contributed by atoms with Crippen LogP contribution in [0.4, 0.5) is 5.69 Å². The first-order valence-corrected chi connectivity index (χ1v) is 5.74. The number of H-pyrrole nitrogens is 1. The number of para-hydroxylation sites is 1. The summed E-state index contributed by atoms with van der Waals surface area (Å²) in [6, 6.07) is 10.5. The van der Waals surface area contributed by atoms with Crippen LogP contribution in [0.2, 0.25) is 0 Å². The number of hydrogen-bond acceptors (Lipinski definition) is 3. The van der Waals surface area contributed by atoms with Crippen molar-refractivity contribution in [2.24, 2.45) is 0 Å². The number of ether oxygens (including phenoxy) is 1. The van der Waals surface area contributed by atoms with E-state index in [0.717, 1.165) is 0 Å². The van der Waals surface area contributed by atoms with Gasteiger partial charge in [0.2, 0.25) is 0 Å². The van der Waals surface area contributed by atoms with Gasteiger partial charge in [-0.3, -0.25) is 4.79 Å². The summed E-state index contributed by atoms with van der Waals surface area (Å²) >= 11 is 4.93. The predicted molar refractivity (Wildman–Crippen MR) is 72.6 cm³/mol. The number of nitrogens with one attached hydrogen (secondary N) is 2. The molecule has 1 aromatic carbocycles. The fraction of sp³-hybridized carbons (Fsp3) is 0.0769. The number of carbonyl (C=O) groups is 1. The Bertz CT molecular complexity index is 602. The highest BCUT2D eigenvalue weighted by atomic mass is 32.1. The SMILES string of the molecule is COc1ccccc1C(=O)Nc1ccc(=S)[nH]c1. The Balaban J connectivity index is 2.21. The number of methoxy groups -OCH3 is 1. The third-order valence-electron chi connectivity index (χ3n) is 2.39. The minimum Gasteiger partial charge on any atom is -0.496 e. The Morgan fingerprint density at radius 2 is 2.06 bits per heavy atom. The molecule has 0 radical (unpaired) electrons. The molecule has 0 spiro atoms. The summed E-state index contributed by atoms with van der Waals surface area (Å²) in [5.41, 5.74) is 1.14. The molecular formula is C13H12N2O2S. The van der Waals surface area contributed by atoms with Crippen molar-refractivity contribution in [1.29, 1.82) is 0 Å². The molecular weight excluding hydrogens is 248 g/mol. The summed E-state index contributed by atoms with van der Waals surface area (Å²) in [4.78, 5) is 14.9. The Labute approximate surface area is 110 Å². The van der Waals surface area contributed by atoms with Crippen molar-refractivity contribution in [2.75, 3.05) is 12.4 Å². The molecule has 18 heavy (non-hydrogen) atoms. The monoisotopic (exact) mass is 260 g/mol. The molecule has 0 fully saturated rings. The molecule has 0 aliphatic carbocycles. The second kappa shape index (κ2) is 5.46. The maximum absolute atomic E-state index is 12.0. The summed E-state index contributed by atoms with van der Waals surface area (Å²) in [6.07, 6.45) is 1.65. The van der Waals surface area contributed by atoms with Gasteiger partial charge in [-0.25, -0.2) is 0 Å². The quantitative estimate of drug-likeness (QED) is 0.834. The summed E-state index contributed by atoms with van der Waals surface area (Å²) < 4.78 is 5.75. The van der Waals surface area contributed by atoms with E-state index < -0.39 is 0 Å². The standard InChI is InChI=1S/C13H12N2O2S/c1-17-11-5-3-2-4-10(11)13(16)15-9-6-7-12(18)14-8-9/h2-8H,1H3,(H,14,18)(H,15,16). The number of carbonyl (C=O) groups excluding carboxylic acids is 1. The van der Waals surface area contributed by atoms with Crippen molar-refractivity contribution in [3.05, 3.63) is 52.8 Å². The van der Waals surface area contributed by atoms with Crippen LogP contribution in [-0.4, -0.2) is 18.0 Å². The van der Waals surface area contributed by atoms with Crippen LogP contribution in [0.3, 0.4) is 0 Å². The fourth-order valence-corrected chi connectivity index (χ4v) is 1.65. The van der Waals surface area contributed by atoms with E-state index in [4.69, 9.17) is 17.0 Å². The third kappa shape index (κ3) is 2.75. The lowest BCUT2D eigenvalue weighted by molar-refractivity contribution is 0.102. The lowest BCUT2D eigenvalue weighted by atomic mass is 10.2. The van der Waals surface area contributed by atoms with Gasteiger partial charge in [0.1, 0.15) is 10.4 Å². The second-order valence-electron chi connectivity index (χ2n) is 3.60. The summed E-state index contributed by atoms with van der Waals surface area (Å²) in [5, 5.41) is 2.76. The minimum atomic E-state index is -0.224. The first-order chi connectivity index (χ1) is 8.70. The molecule has 1 aromatic heterocycles. The van der Waals surface area contributed by atoms with Crippen LogP contribution in [0, 0.1) is 4.64 Å². The molecule has 1 heterocycles. The van der Waals surface area contributed by atoms with Crippen molar-refractivity contribution in [3.63, 3.8) is 0 Å². The number of anilines is 1. The van der Waals surface area contributed by atoms with Crippen molar-refractivity contribution in [2.45, 2.75) is 0 Å². The maximum atomic E-state index is 12.0. The average Bonchev–Trinajstić information content (AvgIpc) is 2.41. The molecule has 0 atom stereocenters. The van der Waals surface area contributed by atoms with Crippen LogP contribution in [0.25, 0.3) is 0 Å². The summed E-state index contributed by atoms with van der Waals surface area (Å²) in [7, 11) is 1.53. The maximum Gasteiger partial charge on any atom is 0.259 e. The lowest BCUT2D eigenvalue weighted by Crippen LogP contribution is -2.13. The summed E-state index contributed by atoms with van der Waals surface area (Å²) in [6.45, 7) is 0. The normalized spacial score (nSPS) is 9.83. The largest absolute Gasteiger partial charge is 0.496 e. The number of aromatic amines is 1. The van der Waals surface area contributed by atoms with Gasteiger partial charge in [0.05, 0.1) is 18.4 Å². The zero-order valence-corrected chi connectivity index (χ0v) is 10.6. The van der Waals surface area contributed by atoms with Gasteiger partial charge in [-0.15, -0.1) is 0 Å². The van der Waals surface area contributed by atoms with Gasteiger partial charge >= 0.3 is 0 Å². The molecule has 2 N–H and O–H groups in total. The van der Waals surface area contributed by atoms with E-state index >= 15 is 0 Å². The van der Waals surface area contributed by atoms with Crippen molar-refractivity contribution < 1.29 is 9.53 Å². The molecule has 2 rings (SSSR count). The number of aromatic nitrogens is 1. The predicted octanol–water partition coefficient (Wildman–Crippen LogP) is 3.01. The first-order valence-electron chi connectivity index (χ1n) is 5.34. The number of hydrogen-bond donors (Lipinski definition) is 2. The molecule has 1 amide bonds. The van der Waals surface area contributed by atoms with Crippen molar-refractivity contribution >= 4 is 23.8 Å². The summed E-state index contributed by atoms with van der Waals surface area (Å²) in [5.74, 6) is 0.317. The molecule has 92 valence electrons. The van der Waals surface area contributed by atoms with Crippen LogP contribution in [-0.2, 0) is 0 Å². The first kappa shape index (κ1) is 12.3. The highest BCUT2D eigenvalue weighted by Gasteiger charge is 2.11. The van der Waals surface area contributed by atoms with E-state index in [1.54, 1.807) is 36.5 Å². The van der Waals surface area contributed by atoms with Gasteiger partial charge < -0.3 is 15.0 Å². The molecule has 0 unspecified atom stereocenters. The van der Waals surface area contributed by atoms with Crippen LogP contribution in [0.5, 0.6) is 5.75 Å². The molecule has 0 aliphatic rings. The zero-order chi connectivity index (χ0) is 13.0. The van der Waals surface area contributed by atoms with Gasteiger partial charge in [-0.1, -0.05) is 24.4 Å². The molecule has 5 heteroatoms. The van der Waals surface area contributed by atoms with Crippen LogP contribution >= 0.6 is 12.2 Å². The highest BCUT2D eigenvalue weighted by Crippen LogP contribution is 2.18. The molecule has 4 nitrogen and oxygen atoms in total. The van der Waals surface area contributed by atoms with E-state index in [1.807, 2.05) is 6.07 Å². The van der Waals surface area contributed by atoms with Gasteiger partial charge in [0.25, 0.3) is 5.91 Å². The number of benzene rings is 1. The van der Waals surface area contributed by atoms with E-state index in [0.29, 0.717) is 21.6 Å². The van der Waals surface area contributed by atoms with E-state index in [2.05, 4.69) is 10.3 Å². The van der Waals surface area contributed by atoms with Gasteiger partial charge in [-0.05, 0) is 24.3 Å². The minimum absolute atomic E-state index is 0.224. The van der Waals surface area contributed by atoms with Crippen molar-refractivity contribution in [1.82, 2.24) is 4.98 Å². The molecule has 2 aromatic rings. The van der Waals surface area contributed by atoms with Gasteiger partial charge in [0.15, 0.2) is 0 Å². The molecule has 0 aliphatic heterocycles. The van der Waals surface area contributed by atoms with Crippen LogP contribution in [0.15, 0.2) is 42.6 Å². The second-order valence-corrected chi connectivity index (χ2v) is 4.04. The zero-order valence-electron chi connectivity index (χ0n) is 9.77. The number of rotatable bonds is 3. The van der Waals surface area contributed by atoms with Crippen LogP contribution < -0.4 is 10.1 Å². The topological polar surface area (TPSA) is 54.1 Å². The Morgan fingerprint density at radius 1 is 1.28 bits per heavy atom. The third-order valence-corrected chi connectivity index (χ3v) is 2.65. The van der Waals surface area contributed by atoms with Gasteiger partial charge in [-0.2, -0.15) is 0 Å². The molecule has 0 saturated heterocycles.